The highest BCUT2D eigenvalue weighted by atomic mass is 32.2. The molecule has 3 aromatic carbocycles. The summed E-state index contributed by atoms with van der Waals surface area (Å²) in [6, 6.07) is 27.5. The third-order valence-electron chi connectivity index (χ3n) is 4.42. The van der Waals surface area contributed by atoms with Gasteiger partial charge in [0.25, 0.3) is 0 Å². The lowest BCUT2D eigenvalue weighted by atomic mass is 10.0. The third-order valence-corrected chi connectivity index (χ3v) is 5.13. The molecule has 0 saturated carbocycles. The smallest absolute Gasteiger partial charge is 0.209 e. The molecule has 27 heavy (non-hydrogen) atoms. The summed E-state index contributed by atoms with van der Waals surface area (Å²) in [5, 5.41) is 0. The molecule has 1 atom stereocenters. The minimum atomic E-state index is -3.37. The van der Waals surface area contributed by atoms with Gasteiger partial charge < -0.3 is 4.90 Å². The van der Waals surface area contributed by atoms with E-state index in [1.54, 1.807) is 0 Å². The highest BCUT2D eigenvalue weighted by Crippen LogP contribution is 2.29. The van der Waals surface area contributed by atoms with E-state index in [1.165, 1.54) is 6.26 Å². The lowest BCUT2D eigenvalue weighted by Gasteiger charge is -2.30. The maximum Gasteiger partial charge on any atom is 0.209 e. The second-order valence-corrected chi connectivity index (χ2v) is 8.36. The van der Waals surface area contributed by atoms with Crippen LogP contribution in [0, 0.1) is 6.92 Å². The van der Waals surface area contributed by atoms with Crippen LogP contribution in [-0.2, 0) is 10.0 Å². The van der Waals surface area contributed by atoms with Gasteiger partial charge in [-0.05, 0) is 42.3 Å². The van der Waals surface area contributed by atoms with Crippen LogP contribution in [0.4, 0.5) is 11.4 Å². The predicted octanol–water partition coefficient (Wildman–Crippen LogP) is 4.42. The Kier molecular flexibility index (Phi) is 5.94. The second kappa shape index (κ2) is 8.37. The molecule has 0 aromatic heterocycles. The van der Waals surface area contributed by atoms with Crippen LogP contribution in [0.15, 0.2) is 84.9 Å². The van der Waals surface area contributed by atoms with Crippen molar-refractivity contribution >= 4 is 21.4 Å². The van der Waals surface area contributed by atoms with Crippen molar-refractivity contribution in [2.75, 3.05) is 17.7 Å². The van der Waals surface area contributed by atoms with Gasteiger partial charge in [0, 0.05) is 17.9 Å². The summed E-state index contributed by atoms with van der Waals surface area (Å²) >= 11 is 0. The molecule has 3 aromatic rings. The lowest BCUT2D eigenvalue weighted by Crippen LogP contribution is -2.36. The van der Waals surface area contributed by atoms with Crippen LogP contribution in [0.5, 0.6) is 0 Å². The average Bonchev–Trinajstić information content (AvgIpc) is 2.66. The van der Waals surface area contributed by atoms with Crippen molar-refractivity contribution in [2.24, 2.45) is 0 Å². The first kappa shape index (κ1) is 19.1. The molecule has 4 nitrogen and oxygen atoms in total. The number of nitrogens with one attached hydrogen (secondary N) is 1. The highest BCUT2D eigenvalue weighted by Gasteiger charge is 2.22. The molecule has 0 aliphatic rings. The van der Waals surface area contributed by atoms with Gasteiger partial charge in [0.05, 0.1) is 12.3 Å². The molecule has 0 saturated heterocycles. The van der Waals surface area contributed by atoms with E-state index in [2.05, 4.69) is 9.62 Å². The molecule has 140 valence electrons. The van der Waals surface area contributed by atoms with Crippen molar-refractivity contribution < 1.29 is 8.42 Å². The average molecular weight is 381 g/mol. The molecule has 0 spiro atoms. The molecule has 0 aliphatic carbocycles. The molecule has 0 amide bonds. The fourth-order valence-corrected chi connectivity index (χ4v) is 3.91. The van der Waals surface area contributed by atoms with Gasteiger partial charge in [-0.3, -0.25) is 0 Å². The lowest BCUT2D eigenvalue weighted by molar-refractivity contribution is 0.562. The van der Waals surface area contributed by atoms with Crippen molar-refractivity contribution in [1.29, 1.82) is 0 Å². The van der Waals surface area contributed by atoms with Crippen LogP contribution in [0.1, 0.15) is 17.2 Å². The quantitative estimate of drug-likeness (QED) is 0.660. The van der Waals surface area contributed by atoms with Gasteiger partial charge >= 0.3 is 0 Å². The van der Waals surface area contributed by atoms with E-state index in [0.717, 1.165) is 22.5 Å². The maximum absolute atomic E-state index is 12.1. The molecular weight excluding hydrogens is 356 g/mol. The van der Waals surface area contributed by atoms with Crippen LogP contribution in [-0.4, -0.2) is 21.2 Å². The van der Waals surface area contributed by atoms with Crippen molar-refractivity contribution in [1.82, 2.24) is 4.72 Å². The fraction of sp³-hybridized carbons (Fsp3) is 0.182. The van der Waals surface area contributed by atoms with E-state index in [1.807, 2.05) is 91.9 Å². The van der Waals surface area contributed by atoms with E-state index >= 15 is 0 Å². The Labute approximate surface area is 161 Å². The second-order valence-electron chi connectivity index (χ2n) is 6.58. The van der Waals surface area contributed by atoms with Crippen molar-refractivity contribution in [3.63, 3.8) is 0 Å². The van der Waals surface area contributed by atoms with Gasteiger partial charge in [0.15, 0.2) is 0 Å². The van der Waals surface area contributed by atoms with Gasteiger partial charge in [-0.1, -0.05) is 60.7 Å². The Morgan fingerprint density at radius 1 is 0.815 bits per heavy atom. The first-order chi connectivity index (χ1) is 12.9. The first-order valence-corrected chi connectivity index (χ1v) is 10.7. The minimum Gasteiger partial charge on any atom is -0.340 e. The van der Waals surface area contributed by atoms with E-state index in [-0.39, 0.29) is 6.04 Å². The number of anilines is 2. The standard InChI is InChI=1S/C22H24N2O2S/c1-18-11-9-10-16-21(18)22(23-27(2,25)26)17-24(19-12-5-3-6-13-19)20-14-7-4-8-15-20/h3-16,22-23H,17H2,1-2H3/t22-/m0/s1. The number of aryl methyl sites for hydroxylation is 1. The van der Waals surface area contributed by atoms with E-state index in [0.29, 0.717) is 6.54 Å². The topological polar surface area (TPSA) is 49.4 Å². The van der Waals surface area contributed by atoms with Gasteiger partial charge in [-0.25, -0.2) is 13.1 Å². The zero-order valence-electron chi connectivity index (χ0n) is 15.5. The number of nitrogens with zero attached hydrogens (tertiary/aromatic N) is 1. The SMILES string of the molecule is Cc1ccccc1[C@H](CN(c1ccccc1)c1ccccc1)NS(C)(=O)=O. The van der Waals surface area contributed by atoms with Crippen molar-refractivity contribution in [2.45, 2.75) is 13.0 Å². The van der Waals surface area contributed by atoms with Gasteiger partial charge in [-0.15, -0.1) is 0 Å². The van der Waals surface area contributed by atoms with Crippen molar-refractivity contribution in [3.8, 4) is 0 Å². The van der Waals surface area contributed by atoms with Crippen LogP contribution >= 0.6 is 0 Å². The number of para-hydroxylation sites is 2. The number of hydrogen-bond acceptors (Lipinski definition) is 3. The Morgan fingerprint density at radius 3 is 1.78 bits per heavy atom. The molecule has 1 N–H and O–H groups in total. The summed E-state index contributed by atoms with van der Waals surface area (Å²) in [5.74, 6) is 0. The van der Waals surface area contributed by atoms with E-state index < -0.39 is 10.0 Å². The monoisotopic (exact) mass is 380 g/mol. The van der Waals surface area contributed by atoms with Gasteiger partial charge in [-0.2, -0.15) is 0 Å². The minimum absolute atomic E-state index is 0.374. The highest BCUT2D eigenvalue weighted by molar-refractivity contribution is 7.88. The largest absolute Gasteiger partial charge is 0.340 e. The Balaban J connectivity index is 2.03. The van der Waals surface area contributed by atoms with E-state index in [9.17, 15) is 8.42 Å². The molecule has 0 bridgehead atoms. The summed E-state index contributed by atoms with van der Waals surface area (Å²) < 4.78 is 26.9. The summed E-state index contributed by atoms with van der Waals surface area (Å²) in [6.45, 7) is 2.48. The zero-order valence-corrected chi connectivity index (χ0v) is 16.4. The zero-order chi connectivity index (χ0) is 19.3. The number of rotatable bonds is 7. The van der Waals surface area contributed by atoms with E-state index in [4.69, 9.17) is 0 Å². The van der Waals surface area contributed by atoms with Crippen LogP contribution in [0.3, 0.4) is 0 Å². The van der Waals surface area contributed by atoms with Crippen LogP contribution in [0.2, 0.25) is 0 Å². The fourth-order valence-electron chi connectivity index (χ4n) is 3.19. The molecule has 0 radical (unpaired) electrons. The molecule has 5 heteroatoms. The van der Waals surface area contributed by atoms with Crippen molar-refractivity contribution in [3.05, 3.63) is 96.1 Å². The molecule has 0 heterocycles. The van der Waals surface area contributed by atoms with Gasteiger partial charge in [0.1, 0.15) is 0 Å². The summed E-state index contributed by atoms with van der Waals surface area (Å²) in [4.78, 5) is 2.13. The predicted molar refractivity (Wildman–Crippen MR) is 112 cm³/mol. The van der Waals surface area contributed by atoms with Crippen LogP contribution in [0.25, 0.3) is 0 Å². The molecule has 0 aliphatic heterocycles. The molecule has 3 rings (SSSR count). The van der Waals surface area contributed by atoms with Gasteiger partial charge in [0.2, 0.25) is 10.0 Å². The van der Waals surface area contributed by atoms with Crippen LogP contribution < -0.4 is 9.62 Å². The molecule has 0 unspecified atom stereocenters. The third kappa shape index (κ3) is 5.18. The molecule has 0 fully saturated rings. The summed E-state index contributed by atoms with van der Waals surface area (Å²) in [6.07, 6.45) is 1.20. The Hall–Kier alpha value is -2.63. The number of benzene rings is 3. The summed E-state index contributed by atoms with van der Waals surface area (Å²) in [7, 11) is -3.37. The number of sulfonamides is 1. The molecular formula is C22H24N2O2S. The normalized spacial score (nSPS) is 12.5. The Morgan fingerprint density at radius 2 is 1.30 bits per heavy atom. The first-order valence-electron chi connectivity index (χ1n) is 8.84. The maximum atomic E-state index is 12.1. The number of hydrogen-bond donors (Lipinski definition) is 1. The Bertz CT molecular complexity index is 934. The summed E-state index contributed by atoms with van der Waals surface area (Å²) in [5.41, 5.74) is 4.05.